The molecule has 0 radical (unpaired) electrons. The summed E-state index contributed by atoms with van der Waals surface area (Å²) >= 11 is 0. The van der Waals surface area contributed by atoms with E-state index in [0.29, 0.717) is 6.54 Å². The molecule has 0 aliphatic carbocycles. The lowest BCUT2D eigenvalue weighted by Gasteiger charge is -2.15. The number of likely N-dealkylation sites (tertiary alicyclic amines) is 1. The number of ether oxygens (including phenoxy) is 1. The molecule has 1 aromatic heterocycles. The molecule has 21 heavy (non-hydrogen) atoms. The fourth-order valence-electron chi connectivity index (χ4n) is 3.04. The fraction of sp³-hybridized carbons (Fsp3) is 0.353. The number of furan rings is 1. The Balaban J connectivity index is 1.76. The van der Waals surface area contributed by atoms with E-state index in [-0.39, 0.29) is 17.8 Å². The number of esters is 1. The lowest BCUT2D eigenvalue weighted by atomic mass is 9.94. The van der Waals surface area contributed by atoms with Crippen LogP contribution in [0.15, 0.2) is 53.1 Å². The van der Waals surface area contributed by atoms with E-state index in [9.17, 15) is 4.79 Å². The van der Waals surface area contributed by atoms with Gasteiger partial charge >= 0.3 is 5.97 Å². The molecule has 110 valence electrons. The molecule has 1 fully saturated rings. The fourth-order valence-corrected chi connectivity index (χ4v) is 3.04. The number of benzene rings is 1. The lowest BCUT2D eigenvalue weighted by Crippen LogP contribution is -2.24. The van der Waals surface area contributed by atoms with Crippen LogP contribution in [0.5, 0.6) is 0 Å². The Morgan fingerprint density at radius 3 is 2.71 bits per heavy atom. The van der Waals surface area contributed by atoms with Gasteiger partial charge in [0.1, 0.15) is 5.76 Å². The number of carbonyl (C=O) groups excluding carboxylic acids is 1. The van der Waals surface area contributed by atoms with Crippen molar-refractivity contribution in [3.8, 4) is 0 Å². The van der Waals surface area contributed by atoms with Gasteiger partial charge in [-0.15, -0.1) is 0 Å². The number of rotatable bonds is 4. The SMILES string of the molecule is COC(=O)[C@@H]1CN(Cc2ccccc2)C[C@H]1c1ccco1. The van der Waals surface area contributed by atoms with E-state index in [1.165, 1.54) is 12.7 Å². The molecule has 0 unspecified atom stereocenters. The molecule has 0 amide bonds. The summed E-state index contributed by atoms with van der Waals surface area (Å²) in [5.41, 5.74) is 1.25. The molecule has 2 atom stereocenters. The van der Waals surface area contributed by atoms with Crippen LogP contribution in [0.2, 0.25) is 0 Å². The maximum atomic E-state index is 12.0. The molecule has 0 spiro atoms. The van der Waals surface area contributed by atoms with Crippen molar-refractivity contribution in [1.29, 1.82) is 0 Å². The van der Waals surface area contributed by atoms with Gasteiger partial charge in [0.2, 0.25) is 0 Å². The second-order valence-corrected chi connectivity index (χ2v) is 5.43. The summed E-state index contributed by atoms with van der Waals surface area (Å²) < 4.78 is 10.5. The third-order valence-corrected chi connectivity index (χ3v) is 4.06. The van der Waals surface area contributed by atoms with Gasteiger partial charge in [0.05, 0.1) is 19.3 Å². The van der Waals surface area contributed by atoms with Gasteiger partial charge in [0.15, 0.2) is 0 Å². The molecule has 1 aromatic carbocycles. The summed E-state index contributed by atoms with van der Waals surface area (Å²) in [5.74, 6) is 0.606. The first-order valence-electron chi connectivity index (χ1n) is 7.15. The van der Waals surface area contributed by atoms with E-state index in [4.69, 9.17) is 9.15 Å². The van der Waals surface area contributed by atoms with E-state index in [2.05, 4.69) is 17.0 Å². The van der Waals surface area contributed by atoms with Gasteiger partial charge in [-0.3, -0.25) is 9.69 Å². The topological polar surface area (TPSA) is 42.7 Å². The van der Waals surface area contributed by atoms with Crippen molar-refractivity contribution in [3.63, 3.8) is 0 Å². The van der Waals surface area contributed by atoms with E-state index in [1.807, 2.05) is 30.3 Å². The summed E-state index contributed by atoms with van der Waals surface area (Å²) in [6.07, 6.45) is 1.66. The van der Waals surface area contributed by atoms with Crippen LogP contribution < -0.4 is 0 Å². The predicted molar refractivity (Wildman–Crippen MR) is 78.7 cm³/mol. The highest BCUT2D eigenvalue weighted by molar-refractivity contribution is 5.74. The first-order chi connectivity index (χ1) is 10.3. The van der Waals surface area contributed by atoms with Crippen molar-refractivity contribution in [2.24, 2.45) is 5.92 Å². The summed E-state index contributed by atoms with van der Waals surface area (Å²) in [4.78, 5) is 14.3. The zero-order valence-corrected chi connectivity index (χ0v) is 12.1. The van der Waals surface area contributed by atoms with Gasteiger partial charge in [-0.05, 0) is 17.7 Å². The van der Waals surface area contributed by atoms with Crippen LogP contribution >= 0.6 is 0 Å². The Labute approximate surface area is 124 Å². The van der Waals surface area contributed by atoms with E-state index in [0.717, 1.165) is 18.8 Å². The highest BCUT2D eigenvalue weighted by atomic mass is 16.5. The molecule has 0 N–H and O–H groups in total. The number of methoxy groups -OCH3 is 1. The Bertz CT molecular complexity index is 579. The maximum absolute atomic E-state index is 12.0. The second-order valence-electron chi connectivity index (χ2n) is 5.43. The van der Waals surface area contributed by atoms with Crippen molar-refractivity contribution in [3.05, 3.63) is 60.1 Å². The summed E-state index contributed by atoms with van der Waals surface area (Å²) in [7, 11) is 1.45. The van der Waals surface area contributed by atoms with Gasteiger partial charge in [0, 0.05) is 25.6 Å². The van der Waals surface area contributed by atoms with Crippen LogP contribution in [0, 0.1) is 5.92 Å². The van der Waals surface area contributed by atoms with Crippen LogP contribution in [0.3, 0.4) is 0 Å². The van der Waals surface area contributed by atoms with Gasteiger partial charge in [0.25, 0.3) is 0 Å². The summed E-state index contributed by atoms with van der Waals surface area (Å²) in [6, 6.07) is 14.1. The van der Waals surface area contributed by atoms with Crippen molar-refractivity contribution in [2.75, 3.05) is 20.2 Å². The molecule has 0 saturated carbocycles. The van der Waals surface area contributed by atoms with E-state index in [1.54, 1.807) is 6.26 Å². The molecule has 2 aromatic rings. The van der Waals surface area contributed by atoms with Gasteiger partial charge < -0.3 is 9.15 Å². The van der Waals surface area contributed by atoms with Crippen LogP contribution in [-0.4, -0.2) is 31.1 Å². The molecule has 0 bridgehead atoms. The summed E-state index contributed by atoms with van der Waals surface area (Å²) in [6.45, 7) is 2.35. The largest absolute Gasteiger partial charge is 0.469 e. The monoisotopic (exact) mass is 285 g/mol. The van der Waals surface area contributed by atoms with Crippen LogP contribution in [0.25, 0.3) is 0 Å². The number of carbonyl (C=O) groups is 1. The summed E-state index contributed by atoms with van der Waals surface area (Å²) in [5, 5.41) is 0. The molecular formula is C17H19NO3. The molecule has 4 heteroatoms. The Morgan fingerprint density at radius 2 is 2.05 bits per heavy atom. The quantitative estimate of drug-likeness (QED) is 0.810. The normalized spacial score (nSPS) is 22.3. The van der Waals surface area contributed by atoms with Crippen molar-refractivity contribution in [1.82, 2.24) is 4.90 Å². The third kappa shape index (κ3) is 3.00. The molecule has 1 aliphatic rings. The van der Waals surface area contributed by atoms with Crippen LogP contribution in [-0.2, 0) is 16.1 Å². The standard InChI is InChI=1S/C17H19NO3/c1-20-17(19)15-12-18(10-13-6-3-2-4-7-13)11-14(15)16-8-5-9-21-16/h2-9,14-15H,10-12H2,1H3/t14-,15-/m1/s1. The average Bonchev–Trinajstić information content (AvgIpc) is 3.16. The lowest BCUT2D eigenvalue weighted by molar-refractivity contribution is -0.145. The minimum Gasteiger partial charge on any atom is -0.469 e. The molecule has 2 heterocycles. The Morgan fingerprint density at radius 1 is 1.24 bits per heavy atom. The molecule has 1 saturated heterocycles. The van der Waals surface area contributed by atoms with Crippen LogP contribution in [0.1, 0.15) is 17.2 Å². The minimum atomic E-state index is -0.162. The molecule has 1 aliphatic heterocycles. The van der Waals surface area contributed by atoms with Gasteiger partial charge in [-0.25, -0.2) is 0 Å². The van der Waals surface area contributed by atoms with E-state index < -0.39 is 0 Å². The van der Waals surface area contributed by atoms with Gasteiger partial charge in [-0.1, -0.05) is 30.3 Å². The third-order valence-electron chi connectivity index (χ3n) is 4.06. The zero-order valence-electron chi connectivity index (χ0n) is 12.1. The Hall–Kier alpha value is -2.07. The molecular weight excluding hydrogens is 266 g/mol. The van der Waals surface area contributed by atoms with Crippen LogP contribution in [0.4, 0.5) is 0 Å². The first-order valence-corrected chi connectivity index (χ1v) is 7.15. The van der Waals surface area contributed by atoms with Crippen molar-refractivity contribution in [2.45, 2.75) is 12.5 Å². The smallest absolute Gasteiger partial charge is 0.310 e. The maximum Gasteiger partial charge on any atom is 0.310 e. The first kappa shape index (κ1) is 13.9. The average molecular weight is 285 g/mol. The second kappa shape index (κ2) is 6.14. The minimum absolute atomic E-state index is 0.0659. The molecule has 3 rings (SSSR count). The van der Waals surface area contributed by atoms with Crippen molar-refractivity contribution >= 4 is 5.97 Å². The number of nitrogens with zero attached hydrogens (tertiary/aromatic N) is 1. The predicted octanol–water partition coefficient (Wildman–Crippen LogP) is 2.67. The van der Waals surface area contributed by atoms with Crippen molar-refractivity contribution < 1.29 is 13.9 Å². The highest BCUT2D eigenvalue weighted by Crippen LogP contribution is 2.34. The number of hydrogen-bond donors (Lipinski definition) is 0. The number of hydrogen-bond acceptors (Lipinski definition) is 4. The molecule has 4 nitrogen and oxygen atoms in total. The van der Waals surface area contributed by atoms with Gasteiger partial charge in [-0.2, -0.15) is 0 Å². The Kier molecular flexibility index (Phi) is 4.06. The van der Waals surface area contributed by atoms with E-state index >= 15 is 0 Å². The highest BCUT2D eigenvalue weighted by Gasteiger charge is 2.40. The zero-order chi connectivity index (χ0) is 14.7.